The topological polar surface area (TPSA) is 75.4 Å². The highest BCUT2D eigenvalue weighted by molar-refractivity contribution is 7.15. The van der Waals surface area contributed by atoms with Gasteiger partial charge < -0.3 is 9.32 Å². The van der Waals surface area contributed by atoms with Gasteiger partial charge in [0.05, 0.1) is 18.5 Å². The first kappa shape index (κ1) is 16.3. The molecule has 132 valence electrons. The van der Waals surface area contributed by atoms with Crippen LogP contribution in [0.2, 0.25) is 0 Å². The fourth-order valence-electron chi connectivity index (χ4n) is 3.61. The second kappa shape index (κ2) is 7.00. The zero-order valence-electron chi connectivity index (χ0n) is 14.0. The summed E-state index contributed by atoms with van der Waals surface area (Å²) < 4.78 is 5.10. The quantitative estimate of drug-likeness (QED) is 0.911. The molecule has 1 N–H and O–H groups in total. The Bertz CT molecular complexity index is 763. The Morgan fingerprint density at radius 2 is 2.12 bits per heavy atom. The van der Waals surface area contributed by atoms with E-state index in [-0.39, 0.29) is 17.6 Å². The van der Waals surface area contributed by atoms with Gasteiger partial charge in [-0.25, -0.2) is 4.98 Å². The average Bonchev–Trinajstić information content (AvgIpc) is 3.30. The molecule has 0 atom stereocenters. The molecule has 2 amide bonds. The summed E-state index contributed by atoms with van der Waals surface area (Å²) >= 11 is 1.45. The number of carbonyl (C=O) groups is 2. The molecule has 0 aromatic carbocycles. The van der Waals surface area contributed by atoms with Crippen LogP contribution in [0.15, 0.2) is 22.8 Å². The molecular formula is C18H21N3O3S. The van der Waals surface area contributed by atoms with Crippen molar-refractivity contribution in [1.82, 2.24) is 9.88 Å². The van der Waals surface area contributed by atoms with E-state index < -0.39 is 0 Å². The first-order valence-corrected chi connectivity index (χ1v) is 9.64. The molecule has 7 heteroatoms. The smallest absolute Gasteiger partial charge is 0.293 e. The van der Waals surface area contributed by atoms with Crippen LogP contribution in [-0.2, 0) is 17.8 Å². The lowest BCUT2D eigenvalue weighted by Gasteiger charge is -2.31. The van der Waals surface area contributed by atoms with Gasteiger partial charge in [-0.15, -0.1) is 0 Å². The van der Waals surface area contributed by atoms with E-state index in [1.54, 1.807) is 12.1 Å². The Hall–Kier alpha value is -2.15. The standard InChI is InChI=1S/C18H21N3O3S/c22-16(14-7-4-10-24-14)20-18-19-13-8-9-21(11-15(13)25-18)17(23)12-5-2-1-3-6-12/h4,7,10,12H,1-3,5-6,8-9,11H2,(H,19,20,22). The number of carbonyl (C=O) groups excluding carboxylic acids is 2. The Kier molecular flexibility index (Phi) is 4.57. The van der Waals surface area contributed by atoms with Gasteiger partial charge in [0, 0.05) is 23.8 Å². The fraction of sp³-hybridized carbons (Fsp3) is 0.500. The number of aromatic nitrogens is 1. The van der Waals surface area contributed by atoms with Gasteiger partial charge in [0.25, 0.3) is 5.91 Å². The van der Waals surface area contributed by atoms with Crippen LogP contribution in [0.3, 0.4) is 0 Å². The average molecular weight is 359 g/mol. The van der Waals surface area contributed by atoms with Crippen LogP contribution in [0.1, 0.15) is 53.2 Å². The van der Waals surface area contributed by atoms with E-state index in [1.165, 1.54) is 36.9 Å². The Morgan fingerprint density at radius 3 is 2.88 bits per heavy atom. The Labute approximate surface area is 150 Å². The van der Waals surface area contributed by atoms with Crippen LogP contribution in [0.5, 0.6) is 0 Å². The molecule has 1 fully saturated rings. The zero-order valence-corrected chi connectivity index (χ0v) is 14.8. The van der Waals surface area contributed by atoms with E-state index in [4.69, 9.17) is 4.42 Å². The number of nitrogens with one attached hydrogen (secondary N) is 1. The second-order valence-corrected chi connectivity index (χ2v) is 7.75. The molecule has 6 nitrogen and oxygen atoms in total. The number of hydrogen-bond acceptors (Lipinski definition) is 5. The van der Waals surface area contributed by atoms with Crippen molar-refractivity contribution in [1.29, 1.82) is 0 Å². The van der Waals surface area contributed by atoms with E-state index in [1.807, 2.05) is 4.90 Å². The summed E-state index contributed by atoms with van der Waals surface area (Å²) in [5.74, 6) is 0.453. The predicted octanol–water partition coefficient (Wildman–Crippen LogP) is 3.45. The lowest BCUT2D eigenvalue weighted by molar-refractivity contribution is -0.137. The minimum absolute atomic E-state index is 0.196. The van der Waals surface area contributed by atoms with Crippen LogP contribution >= 0.6 is 11.3 Å². The molecule has 1 aliphatic heterocycles. The molecule has 25 heavy (non-hydrogen) atoms. The molecule has 1 saturated carbocycles. The number of thiazole rings is 1. The summed E-state index contributed by atoms with van der Waals surface area (Å²) in [6.07, 6.45) is 7.85. The molecule has 3 heterocycles. The highest BCUT2D eigenvalue weighted by Crippen LogP contribution is 2.31. The van der Waals surface area contributed by atoms with Gasteiger partial charge in [-0.1, -0.05) is 30.6 Å². The van der Waals surface area contributed by atoms with E-state index in [2.05, 4.69) is 10.3 Å². The normalized spacial score (nSPS) is 18.0. The Morgan fingerprint density at radius 1 is 1.28 bits per heavy atom. The molecule has 1 aliphatic carbocycles. The molecule has 2 aromatic rings. The summed E-state index contributed by atoms with van der Waals surface area (Å²) in [7, 11) is 0. The molecule has 0 saturated heterocycles. The predicted molar refractivity (Wildman–Crippen MR) is 94.5 cm³/mol. The van der Waals surface area contributed by atoms with Gasteiger partial charge in [0.2, 0.25) is 5.91 Å². The molecule has 0 unspecified atom stereocenters. The summed E-state index contributed by atoms with van der Waals surface area (Å²) in [5.41, 5.74) is 0.993. The highest BCUT2D eigenvalue weighted by atomic mass is 32.1. The van der Waals surface area contributed by atoms with Crippen molar-refractivity contribution in [3.63, 3.8) is 0 Å². The van der Waals surface area contributed by atoms with Crippen molar-refractivity contribution < 1.29 is 14.0 Å². The molecule has 2 aromatic heterocycles. The number of amides is 2. The van der Waals surface area contributed by atoms with Crippen LogP contribution in [0, 0.1) is 5.92 Å². The van der Waals surface area contributed by atoms with Crippen molar-refractivity contribution in [3.05, 3.63) is 34.7 Å². The molecule has 0 radical (unpaired) electrons. The van der Waals surface area contributed by atoms with Crippen LogP contribution < -0.4 is 5.32 Å². The van der Waals surface area contributed by atoms with Gasteiger partial charge >= 0.3 is 0 Å². The third-order valence-electron chi connectivity index (χ3n) is 4.96. The number of nitrogens with zero attached hydrogens (tertiary/aromatic N) is 2. The SMILES string of the molecule is O=C(Nc1nc2c(s1)CN(C(=O)C1CCCCC1)CC2)c1ccco1. The number of rotatable bonds is 3. The lowest BCUT2D eigenvalue weighted by atomic mass is 9.88. The minimum atomic E-state index is -0.300. The monoisotopic (exact) mass is 359 g/mol. The number of furan rings is 1. The van der Waals surface area contributed by atoms with Gasteiger partial charge in [-0.3, -0.25) is 14.9 Å². The maximum absolute atomic E-state index is 12.7. The van der Waals surface area contributed by atoms with Crippen LogP contribution in [0.4, 0.5) is 5.13 Å². The van der Waals surface area contributed by atoms with Crippen molar-refractivity contribution >= 4 is 28.3 Å². The highest BCUT2D eigenvalue weighted by Gasteiger charge is 2.30. The van der Waals surface area contributed by atoms with E-state index >= 15 is 0 Å². The summed E-state index contributed by atoms with van der Waals surface area (Å²) in [6, 6.07) is 3.30. The molecule has 0 bridgehead atoms. The molecule has 4 rings (SSSR count). The van der Waals surface area contributed by atoms with Gasteiger partial charge in [-0.05, 0) is 25.0 Å². The third-order valence-corrected chi connectivity index (χ3v) is 5.96. The van der Waals surface area contributed by atoms with Gasteiger partial charge in [0.15, 0.2) is 10.9 Å². The van der Waals surface area contributed by atoms with Gasteiger partial charge in [-0.2, -0.15) is 0 Å². The van der Waals surface area contributed by atoms with Crippen molar-refractivity contribution in [3.8, 4) is 0 Å². The zero-order chi connectivity index (χ0) is 17.2. The van der Waals surface area contributed by atoms with Crippen molar-refractivity contribution in [2.24, 2.45) is 5.92 Å². The molecule has 2 aliphatic rings. The largest absolute Gasteiger partial charge is 0.459 e. The van der Waals surface area contributed by atoms with E-state index in [0.717, 1.165) is 36.4 Å². The lowest BCUT2D eigenvalue weighted by Crippen LogP contribution is -2.40. The fourth-order valence-corrected chi connectivity index (χ4v) is 4.63. The van der Waals surface area contributed by atoms with Crippen molar-refractivity contribution in [2.45, 2.75) is 45.1 Å². The third kappa shape index (κ3) is 3.46. The van der Waals surface area contributed by atoms with Gasteiger partial charge in [0.1, 0.15) is 0 Å². The first-order chi connectivity index (χ1) is 12.2. The number of anilines is 1. The number of fused-ring (bicyclic) bond motifs is 1. The summed E-state index contributed by atoms with van der Waals surface area (Å²) in [6.45, 7) is 1.33. The van der Waals surface area contributed by atoms with E-state index in [9.17, 15) is 9.59 Å². The second-order valence-electron chi connectivity index (χ2n) is 6.67. The summed E-state index contributed by atoms with van der Waals surface area (Å²) in [4.78, 5) is 32.4. The maximum Gasteiger partial charge on any atom is 0.293 e. The molecule has 0 spiro atoms. The Balaban J connectivity index is 1.42. The number of hydrogen-bond donors (Lipinski definition) is 1. The minimum Gasteiger partial charge on any atom is -0.459 e. The summed E-state index contributed by atoms with van der Waals surface area (Å²) in [5, 5.41) is 3.35. The van der Waals surface area contributed by atoms with Crippen molar-refractivity contribution in [2.75, 3.05) is 11.9 Å². The first-order valence-electron chi connectivity index (χ1n) is 8.83. The molecular weight excluding hydrogens is 338 g/mol. The van der Waals surface area contributed by atoms with Crippen LogP contribution in [-0.4, -0.2) is 28.2 Å². The van der Waals surface area contributed by atoms with E-state index in [0.29, 0.717) is 17.6 Å². The van der Waals surface area contributed by atoms with Crippen LogP contribution in [0.25, 0.3) is 0 Å². The maximum atomic E-state index is 12.7.